The van der Waals surface area contributed by atoms with Gasteiger partial charge in [-0.2, -0.15) is 0 Å². The molecule has 0 unspecified atom stereocenters. The molecule has 0 saturated carbocycles. The monoisotopic (exact) mass is 337 g/mol. The van der Waals surface area contributed by atoms with Crippen molar-refractivity contribution in [3.8, 4) is 0 Å². The first-order valence-electron chi connectivity index (χ1n) is 8.05. The highest BCUT2D eigenvalue weighted by Gasteiger charge is 2.22. The maximum Gasteiger partial charge on any atom is 0.251 e. The molecule has 1 aliphatic rings. The third-order valence-corrected chi connectivity index (χ3v) is 4.29. The number of rotatable bonds is 4. The number of carbonyl (C=O) groups is 1. The predicted octanol–water partition coefficient (Wildman–Crippen LogP) is 2.55. The topological polar surface area (TPSA) is 44.4 Å². The summed E-state index contributed by atoms with van der Waals surface area (Å²) in [6, 6.07) is 5.75. The smallest absolute Gasteiger partial charge is 0.251 e. The summed E-state index contributed by atoms with van der Waals surface area (Å²) < 4.78 is 12.9. The number of hydrogen-bond acceptors (Lipinski definition) is 2. The summed E-state index contributed by atoms with van der Waals surface area (Å²) in [5.41, 5.74) is 0.489. The van der Waals surface area contributed by atoms with Gasteiger partial charge in [-0.3, -0.25) is 4.79 Å². The molecule has 1 fully saturated rings. The van der Waals surface area contributed by atoms with Crippen molar-refractivity contribution < 1.29 is 9.18 Å². The molecular weight excluding hydrogens is 313 g/mol. The van der Waals surface area contributed by atoms with Crippen LogP contribution in [0.2, 0.25) is 0 Å². The van der Waals surface area contributed by atoms with E-state index >= 15 is 0 Å². The summed E-state index contributed by atoms with van der Waals surface area (Å²) in [4.78, 5) is 14.3. The van der Waals surface area contributed by atoms with Crippen molar-refractivity contribution in [1.29, 1.82) is 0 Å². The Kier molecular flexibility index (Phi) is 6.33. The Bertz CT molecular complexity index is 539. The quantitative estimate of drug-likeness (QED) is 0.829. The fourth-order valence-electron chi connectivity index (χ4n) is 2.50. The highest BCUT2D eigenvalue weighted by Crippen LogP contribution is 2.12. The Morgan fingerprint density at radius 3 is 2.48 bits per heavy atom. The molecule has 0 atom stereocenters. The van der Waals surface area contributed by atoms with Gasteiger partial charge in [0, 0.05) is 31.2 Å². The second kappa shape index (κ2) is 8.24. The molecule has 23 heavy (non-hydrogen) atoms. The van der Waals surface area contributed by atoms with Crippen LogP contribution in [0.4, 0.5) is 4.39 Å². The lowest BCUT2D eigenvalue weighted by Crippen LogP contribution is -2.49. The number of halogens is 1. The summed E-state index contributed by atoms with van der Waals surface area (Å²) in [7, 11) is 0. The molecule has 1 heterocycles. The van der Waals surface area contributed by atoms with Crippen LogP contribution >= 0.6 is 12.2 Å². The van der Waals surface area contributed by atoms with Crippen LogP contribution in [0, 0.1) is 11.7 Å². The van der Waals surface area contributed by atoms with Gasteiger partial charge in [0.25, 0.3) is 5.91 Å². The highest BCUT2D eigenvalue weighted by atomic mass is 32.1. The molecule has 2 N–H and O–H groups in total. The van der Waals surface area contributed by atoms with Crippen molar-refractivity contribution in [2.24, 2.45) is 5.92 Å². The van der Waals surface area contributed by atoms with Crippen LogP contribution in [-0.4, -0.2) is 41.6 Å². The maximum absolute atomic E-state index is 12.9. The first-order chi connectivity index (χ1) is 11.0. The fraction of sp³-hybridized carbons (Fsp3) is 0.529. The molecule has 0 spiro atoms. The second-order valence-corrected chi connectivity index (χ2v) is 6.71. The van der Waals surface area contributed by atoms with Gasteiger partial charge in [-0.05, 0) is 55.2 Å². The normalized spacial score (nSPS) is 15.6. The van der Waals surface area contributed by atoms with Gasteiger partial charge in [-0.15, -0.1) is 0 Å². The van der Waals surface area contributed by atoms with Crippen LogP contribution < -0.4 is 10.6 Å². The molecule has 1 saturated heterocycles. The predicted molar refractivity (Wildman–Crippen MR) is 93.9 cm³/mol. The van der Waals surface area contributed by atoms with Crippen LogP contribution in [0.3, 0.4) is 0 Å². The second-order valence-electron chi connectivity index (χ2n) is 6.32. The van der Waals surface area contributed by atoms with Gasteiger partial charge in [0.1, 0.15) is 5.82 Å². The first kappa shape index (κ1) is 17.7. The molecule has 2 rings (SSSR count). The molecule has 6 heteroatoms. The first-order valence-corrected chi connectivity index (χ1v) is 8.45. The fourth-order valence-corrected chi connectivity index (χ4v) is 2.77. The van der Waals surface area contributed by atoms with Crippen LogP contribution in [0.25, 0.3) is 0 Å². The van der Waals surface area contributed by atoms with Crippen LogP contribution in [0.1, 0.15) is 37.0 Å². The summed E-state index contributed by atoms with van der Waals surface area (Å²) in [6.45, 7) is 6.83. The van der Waals surface area contributed by atoms with Crippen molar-refractivity contribution in [3.63, 3.8) is 0 Å². The molecule has 0 aliphatic carbocycles. The zero-order chi connectivity index (χ0) is 16.8. The molecule has 0 aromatic heterocycles. The SMILES string of the molecule is CC(C)CNC(=S)N1CCC(NC(=O)c2ccc(F)cc2)CC1. The lowest BCUT2D eigenvalue weighted by Gasteiger charge is -2.34. The van der Waals surface area contributed by atoms with Crippen molar-refractivity contribution in [3.05, 3.63) is 35.6 Å². The highest BCUT2D eigenvalue weighted by molar-refractivity contribution is 7.80. The Labute approximate surface area is 142 Å². The minimum absolute atomic E-state index is 0.136. The van der Waals surface area contributed by atoms with Gasteiger partial charge in [0.2, 0.25) is 0 Å². The lowest BCUT2D eigenvalue weighted by molar-refractivity contribution is 0.0922. The molecule has 0 radical (unpaired) electrons. The minimum atomic E-state index is -0.336. The number of piperidine rings is 1. The minimum Gasteiger partial charge on any atom is -0.362 e. The summed E-state index contributed by atoms with van der Waals surface area (Å²) in [5, 5.41) is 7.08. The number of thiocarbonyl (C=S) groups is 1. The Morgan fingerprint density at radius 2 is 1.91 bits per heavy atom. The molecular formula is C17H24FN3OS. The average Bonchev–Trinajstić information content (AvgIpc) is 2.54. The van der Waals surface area contributed by atoms with Gasteiger partial charge in [0.05, 0.1) is 0 Å². The van der Waals surface area contributed by atoms with E-state index < -0.39 is 0 Å². The van der Waals surface area contributed by atoms with E-state index in [4.69, 9.17) is 12.2 Å². The molecule has 1 aliphatic heterocycles. The number of hydrogen-bond donors (Lipinski definition) is 2. The Balaban J connectivity index is 1.77. The van der Waals surface area contributed by atoms with Gasteiger partial charge >= 0.3 is 0 Å². The van der Waals surface area contributed by atoms with Gasteiger partial charge < -0.3 is 15.5 Å². The average molecular weight is 337 g/mol. The number of carbonyl (C=O) groups excluding carboxylic acids is 1. The molecule has 4 nitrogen and oxygen atoms in total. The van der Waals surface area contributed by atoms with Crippen LogP contribution in [0.15, 0.2) is 24.3 Å². The van der Waals surface area contributed by atoms with Gasteiger partial charge in [-0.1, -0.05) is 13.8 Å². The van der Waals surface area contributed by atoms with E-state index in [1.165, 1.54) is 24.3 Å². The van der Waals surface area contributed by atoms with E-state index in [0.717, 1.165) is 37.6 Å². The third kappa shape index (κ3) is 5.46. The Morgan fingerprint density at radius 1 is 1.30 bits per heavy atom. The van der Waals surface area contributed by atoms with E-state index in [-0.39, 0.29) is 17.8 Å². The summed E-state index contributed by atoms with van der Waals surface area (Å²) >= 11 is 5.40. The lowest BCUT2D eigenvalue weighted by atomic mass is 10.0. The molecule has 1 aromatic carbocycles. The molecule has 1 aromatic rings. The van der Waals surface area contributed by atoms with Crippen LogP contribution in [0.5, 0.6) is 0 Å². The number of benzene rings is 1. The van der Waals surface area contributed by atoms with Crippen LogP contribution in [-0.2, 0) is 0 Å². The van der Waals surface area contributed by atoms with E-state index in [9.17, 15) is 9.18 Å². The molecule has 126 valence electrons. The number of nitrogens with one attached hydrogen (secondary N) is 2. The standard InChI is InChI=1S/C17H24FN3OS/c1-12(2)11-19-17(23)21-9-7-15(8-10-21)20-16(22)13-3-5-14(18)6-4-13/h3-6,12,15H,7-11H2,1-2H3,(H,19,23)(H,20,22). The number of amides is 1. The zero-order valence-corrected chi connectivity index (χ0v) is 14.5. The number of likely N-dealkylation sites (tertiary alicyclic amines) is 1. The van der Waals surface area contributed by atoms with E-state index in [1.54, 1.807) is 0 Å². The van der Waals surface area contributed by atoms with Gasteiger partial charge in [-0.25, -0.2) is 4.39 Å². The maximum atomic E-state index is 12.9. The van der Waals surface area contributed by atoms with Crippen molar-refractivity contribution >= 4 is 23.2 Å². The van der Waals surface area contributed by atoms with Crippen molar-refractivity contribution in [2.45, 2.75) is 32.7 Å². The van der Waals surface area contributed by atoms with E-state index in [2.05, 4.69) is 29.4 Å². The summed E-state index contributed by atoms with van der Waals surface area (Å²) in [5.74, 6) is 0.0710. The largest absolute Gasteiger partial charge is 0.362 e. The third-order valence-electron chi connectivity index (χ3n) is 3.89. The summed E-state index contributed by atoms with van der Waals surface area (Å²) in [6.07, 6.45) is 1.72. The van der Waals surface area contributed by atoms with Crippen molar-refractivity contribution in [2.75, 3.05) is 19.6 Å². The molecule has 0 bridgehead atoms. The Hall–Kier alpha value is -1.69. The van der Waals surface area contributed by atoms with Crippen molar-refractivity contribution in [1.82, 2.24) is 15.5 Å². The number of nitrogens with zero attached hydrogens (tertiary/aromatic N) is 1. The van der Waals surface area contributed by atoms with E-state index in [0.29, 0.717) is 11.5 Å². The van der Waals surface area contributed by atoms with E-state index in [1.807, 2.05) is 0 Å². The molecule has 1 amide bonds. The zero-order valence-electron chi connectivity index (χ0n) is 13.6. The van der Waals surface area contributed by atoms with Gasteiger partial charge in [0.15, 0.2) is 5.11 Å².